The molecule has 0 aliphatic rings. The van der Waals surface area contributed by atoms with Gasteiger partial charge in [0.1, 0.15) is 18.1 Å². The van der Waals surface area contributed by atoms with Crippen molar-refractivity contribution in [2.75, 3.05) is 13.7 Å². The molecule has 2 rings (SSSR count). The molecular formula is C16H23N3O2. The zero-order valence-electron chi connectivity index (χ0n) is 12.9. The molecule has 0 aliphatic heterocycles. The Hall–Kier alpha value is -2.01. The first-order valence-corrected chi connectivity index (χ1v) is 7.27. The van der Waals surface area contributed by atoms with Crippen LogP contribution in [0.2, 0.25) is 0 Å². The highest BCUT2D eigenvalue weighted by Gasteiger charge is 2.07. The number of hydrogen-bond acceptors (Lipinski definition) is 4. The number of ether oxygens (including phenoxy) is 2. The summed E-state index contributed by atoms with van der Waals surface area (Å²) in [7, 11) is 1.67. The van der Waals surface area contributed by atoms with Crippen LogP contribution in [-0.2, 0) is 19.7 Å². The summed E-state index contributed by atoms with van der Waals surface area (Å²) < 4.78 is 13.3. The van der Waals surface area contributed by atoms with Gasteiger partial charge in [0.25, 0.3) is 0 Å². The number of nitrogens with one attached hydrogen (secondary N) is 1. The van der Waals surface area contributed by atoms with Gasteiger partial charge in [0.15, 0.2) is 0 Å². The third-order valence-electron chi connectivity index (χ3n) is 3.35. The van der Waals surface area contributed by atoms with Crippen LogP contribution < -0.4 is 14.8 Å². The van der Waals surface area contributed by atoms with E-state index < -0.39 is 0 Å². The van der Waals surface area contributed by atoms with E-state index in [1.54, 1.807) is 7.11 Å². The zero-order valence-corrected chi connectivity index (χ0v) is 12.9. The van der Waals surface area contributed by atoms with Gasteiger partial charge in [0.2, 0.25) is 0 Å². The largest absolute Gasteiger partial charge is 0.497 e. The molecule has 0 bridgehead atoms. The van der Waals surface area contributed by atoms with Crippen molar-refractivity contribution in [1.29, 1.82) is 0 Å². The number of rotatable bonds is 8. The van der Waals surface area contributed by atoms with E-state index in [-0.39, 0.29) is 0 Å². The second-order valence-corrected chi connectivity index (χ2v) is 4.71. The van der Waals surface area contributed by atoms with Crippen molar-refractivity contribution in [3.63, 3.8) is 0 Å². The van der Waals surface area contributed by atoms with Crippen molar-refractivity contribution in [1.82, 2.24) is 14.9 Å². The fourth-order valence-corrected chi connectivity index (χ4v) is 2.13. The summed E-state index contributed by atoms with van der Waals surface area (Å²) in [6.07, 6.45) is 3.67. The quantitative estimate of drug-likeness (QED) is 0.811. The van der Waals surface area contributed by atoms with E-state index in [0.717, 1.165) is 42.4 Å². The van der Waals surface area contributed by atoms with Crippen molar-refractivity contribution < 1.29 is 9.47 Å². The van der Waals surface area contributed by atoms with E-state index in [9.17, 15) is 0 Å². The van der Waals surface area contributed by atoms with Crippen LogP contribution in [0.1, 0.15) is 25.1 Å². The van der Waals surface area contributed by atoms with Gasteiger partial charge in [-0.3, -0.25) is 0 Å². The predicted molar refractivity (Wildman–Crippen MR) is 82.6 cm³/mol. The van der Waals surface area contributed by atoms with Crippen LogP contribution in [0.5, 0.6) is 11.5 Å². The van der Waals surface area contributed by atoms with Crippen molar-refractivity contribution in [2.45, 2.75) is 33.5 Å². The molecule has 0 unspecified atom stereocenters. The van der Waals surface area contributed by atoms with Crippen LogP contribution in [0, 0.1) is 0 Å². The maximum absolute atomic E-state index is 5.96. The molecule has 0 saturated carbocycles. The molecule has 5 nitrogen and oxygen atoms in total. The Morgan fingerprint density at radius 2 is 2.14 bits per heavy atom. The first kappa shape index (κ1) is 15.4. The van der Waals surface area contributed by atoms with Gasteiger partial charge in [-0.1, -0.05) is 6.92 Å². The van der Waals surface area contributed by atoms with E-state index in [1.807, 2.05) is 30.7 Å². The van der Waals surface area contributed by atoms with E-state index in [1.165, 1.54) is 0 Å². The summed E-state index contributed by atoms with van der Waals surface area (Å²) >= 11 is 0. The first-order valence-electron chi connectivity index (χ1n) is 7.27. The Kier molecular flexibility index (Phi) is 5.63. The molecule has 0 spiro atoms. The molecule has 21 heavy (non-hydrogen) atoms. The molecule has 2 aromatic rings. The van der Waals surface area contributed by atoms with Crippen molar-refractivity contribution >= 4 is 0 Å². The van der Waals surface area contributed by atoms with Gasteiger partial charge in [0, 0.05) is 18.7 Å². The lowest BCUT2D eigenvalue weighted by atomic mass is 10.2. The molecule has 1 aromatic heterocycles. The summed E-state index contributed by atoms with van der Waals surface area (Å²) in [6.45, 7) is 7.26. The molecule has 5 heteroatoms. The Balaban J connectivity index is 2.10. The minimum atomic E-state index is 0.513. The summed E-state index contributed by atoms with van der Waals surface area (Å²) in [4.78, 5) is 4.16. The third-order valence-corrected chi connectivity index (χ3v) is 3.35. The average Bonchev–Trinajstić information content (AvgIpc) is 2.98. The molecule has 1 aromatic carbocycles. The van der Waals surface area contributed by atoms with E-state index in [0.29, 0.717) is 6.61 Å². The summed E-state index contributed by atoms with van der Waals surface area (Å²) in [5.41, 5.74) is 2.17. The Morgan fingerprint density at radius 1 is 1.29 bits per heavy atom. The maximum Gasteiger partial charge on any atom is 0.130 e. The second-order valence-electron chi connectivity index (χ2n) is 4.71. The Morgan fingerprint density at radius 3 is 2.86 bits per heavy atom. The highest BCUT2D eigenvalue weighted by atomic mass is 16.5. The van der Waals surface area contributed by atoms with Crippen LogP contribution in [0.3, 0.4) is 0 Å². The highest BCUT2D eigenvalue weighted by Crippen LogP contribution is 2.25. The lowest BCUT2D eigenvalue weighted by Crippen LogP contribution is -2.13. The summed E-state index contributed by atoms with van der Waals surface area (Å²) in [6, 6.07) is 5.88. The number of nitrogens with zero attached hydrogens (tertiary/aromatic N) is 2. The van der Waals surface area contributed by atoms with Gasteiger partial charge in [-0.25, -0.2) is 4.98 Å². The molecule has 0 saturated heterocycles. The molecule has 114 valence electrons. The van der Waals surface area contributed by atoms with Crippen LogP contribution in [0.25, 0.3) is 0 Å². The van der Waals surface area contributed by atoms with Crippen molar-refractivity contribution in [2.24, 2.45) is 0 Å². The fraction of sp³-hybridized carbons (Fsp3) is 0.438. The van der Waals surface area contributed by atoms with E-state index in [2.05, 4.69) is 28.7 Å². The van der Waals surface area contributed by atoms with Crippen molar-refractivity contribution in [3.8, 4) is 11.5 Å². The lowest BCUT2D eigenvalue weighted by molar-refractivity contribution is 0.291. The highest BCUT2D eigenvalue weighted by molar-refractivity contribution is 5.40. The van der Waals surface area contributed by atoms with Gasteiger partial charge in [0.05, 0.1) is 25.3 Å². The van der Waals surface area contributed by atoms with Gasteiger partial charge in [-0.05, 0) is 31.7 Å². The van der Waals surface area contributed by atoms with E-state index in [4.69, 9.17) is 9.47 Å². The molecule has 0 atom stereocenters. The second kappa shape index (κ2) is 7.69. The summed E-state index contributed by atoms with van der Waals surface area (Å²) in [5.74, 6) is 1.72. The lowest BCUT2D eigenvalue weighted by Gasteiger charge is -2.14. The standard InChI is InChI=1S/C16H23N3O2/c1-4-17-9-13-8-15(20-3)6-7-16(13)21-11-14-10-18-12-19(14)5-2/h6-8,10,12,17H,4-5,9,11H2,1-3H3. The fourth-order valence-electron chi connectivity index (χ4n) is 2.13. The zero-order chi connectivity index (χ0) is 15.1. The smallest absolute Gasteiger partial charge is 0.130 e. The van der Waals surface area contributed by atoms with Crippen LogP contribution >= 0.6 is 0 Å². The predicted octanol–water partition coefficient (Wildman–Crippen LogP) is 2.60. The van der Waals surface area contributed by atoms with Gasteiger partial charge in [-0.15, -0.1) is 0 Å². The first-order chi connectivity index (χ1) is 10.3. The van der Waals surface area contributed by atoms with Crippen LogP contribution in [-0.4, -0.2) is 23.2 Å². The number of imidazole rings is 1. The summed E-state index contributed by atoms with van der Waals surface area (Å²) in [5, 5.41) is 3.32. The third kappa shape index (κ3) is 3.98. The number of aromatic nitrogens is 2. The monoisotopic (exact) mass is 289 g/mol. The number of benzene rings is 1. The number of methoxy groups -OCH3 is 1. The molecule has 0 amide bonds. The molecule has 0 fully saturated rings. The van der Waals surface area contributed by atoms with Gasteiger partial charge < -0.3 is 19.4 Å². The molecule has 0 radical (unpaired) electrons. The normalized spacial score (nSPS) is 10.6. The number of hydrogen-bond donors (Lipinski definition) is 1. The minimum absolute atomic E-state index is 0.513. The van der Waals surface area contributed by atoms with Crippen LogP contribution in [0.15, 0.2) is 30.7 Å². The molecule has 0 aliphatic carbocycles. The number of aryl methyl sites for hydroxylation is 1. The maximum atomic E-state index is 5.96. The van der Waals surface area contributed by atoms with Gasteiger partial charge >= 0.3 is 0 Å². The van der Waals surface area contributed by atoms with Crippen molar-refractivity contribution in [3.05, 3.63) is 42.0 Å². The van der Waals surface area contributed by atoms with Gasteiger partial charge in [-0.2, -0.15) is 0 Å². The van der Waals surface area contributed by atoms with E-state index >= 15 is 0 Å². The molecular weight excluding hydrogens is 266 g/mol. The Bertz CT molecular complexity index is 566. The molecule has 1 N–H and O–H groups in total. The topological polar surface area (TPSA) is 48.3 Å². The minimum Gasteiger partial charge on any atom is -0.497 e. The SMILES string of the molecule is CCNCc1cc(OC)ccc1OCc1cncn1CC. The molecule has 1 heterocycles. The Labute approximate surface area is 125 Å². The van der Waals surface area contributed by atoms with Crippen LogP contribution in [0.4, 0.5) is 0 Å². The average molecular weight is 289 g/mol.